The van der Waals surface area contributed by atoms with E-state index in [-0.39, 0.29) is 31.2 Å². The lowest BCUT2D eigenvalue weighted by Crippen LogP contribution is -2.33. The summed E-state index contributed by atoms with van der Waals surface area (Å²) in [7, 11) is 1.29. The Morgan fingerprint density at radius 3 is 2.79 bits per heavy atom. The van der Waals surface area contributed by atoms with Crippen LogP contribution in [0.15, 0.2) is 22.7 Å². The fourth-order valence-corrected chi connectivity index (χ4v) is 1.59. The first-order valence-corrected chi connectivity index (χ1v) is 5.08. The maximum Gasteiger partial charge on any atom is 0.323 e. The summed E-state index contributed by atoms with van der Waals surface area (Å²) in [6.45, 7) is 0. The third-order valence-electron chi connectivity index (χ3n) is 2.45. The van der Waals surface area contributed by atoms with Crippen LogP contribution in [-0.4, -0.2) is 24.1 Å². The van der Waals surface area contributed by atoms with Gasteiger partial charge in [0.1, 0.15) is 23.2 Å². The number of carbonyl (C=O) groups is 1. The lowest BCUT2D eigenvalue weighted by molar-refractivity contribution is -0.142. The first kappa shape index (κ1) is 17.5. The van der Waals surface area contributed by atoms with Gasteiger partial charge >= 0.3 is 5.97 Å². The van der Waals surface area contributed by atoms with E-state index in [2.05, 4.69) is 9.72 Å². The highest BCUT2D eigenvalue weighted by atomic mass is 35.5. The highest BCUT2D eigenvalue weighted by Gasteiger charge is 2.17. The molecule has 1 atom stereocenters. The average molecular weight is 308 g/mol. The molecule has 0 saturated carbocycles. The van der Waals surface area contributed by atoms with Crippen LogP contribution in [0.25, 0.3) is 11.0 Å². The van der Waals surface area contributed by atoms with E-state index >= 15 is 0 Å². The number of aromatic nitrogens is 1. The first-order valence-electron chi connectivity index (χ1n) is 5.08. The number of nitrogen functional groups attached to an aromatic ring is 1. The largest absolute Gasteiger partial charge is 0.468 e. The molecule has 19 heavy (non-hydrogen) atoms. The SMILES string of the molecule is COC(=O)C(N)Cc1cc2c(N)nccc2o1.Cl.Cl. The number of anilines is 1. The molecule has 0 radical (unpaired) electrons. The summed E-state index contributed by atoms with van der Waals surface area (Å²) in [5, 5.41) is 0.722. The molecule has 0 bridgehead atoms. The Bertz CT molecular complexity index is 559. The van der Waals surface area contributed by atoms with Crippen molar-refractivity contribution in [2.75, 3.05) is 12.8 Å². The van der Waals surface area contributed by atoms with E-state index < -0.39 is 12.0 Å². The molecule has 0 aliphatic heterocycles. The minimum Gasteiger partial charge on any atom is -0.468 e. The Morgan fingerprint density at radius 1 is 1.53 bits per heavy atom. The number of hydrogen-bond donors (Lipinski definition) is 2. The molecule has 2 rings (SSSR count). The van der Waals surface area contributed by atoms with Gasteiger partial charge in [-0.3, -0.25) is 4.79 Å². The summed E-state index contributed by atoms with van der Waals surface area (Å²) >= 11 is 0. The minimum absolute atomic E-state index is 0. The van der Waals surface area contributed by atoms with Crippen molar-refractivity contribution < 1.29 is 13.9 Å². The van der Waals surface area contributed by atoms with E-state index in [1.807, 2.05) is 0 Å². The van der Waals surface area contributed by atoms with Crippen LogP contribution in [0.5, 0.6) is 0 Å². The number of rotatable bonds is 3. The normalized spacial score (nSPS) is 11.3. The number of hydrogen-bond acceptors (Lipinski definition) is 6. The number of halogens is 2. The molecule has 2 aromatic heterocycles. The number of methoxy groups -OCH3 is 1. The molecule has 0 amide bonds. The summed E-state index contributed by atoms with van der Waals surface area (Å²) in [5.74, 6) is 0.498. The van der Waals surface area contributed by atoms with Crippen molar-refractivity contribution >= 4 is 47.6 Å². The molecule has 8 heteroatoms. The van der Waals surface area contributed by atoms with E-state index in [9.17, 15) is 4.79 Å². The van der Waals surface area contributed by atoms with Gasteiger partial charge in [-0.05, 0) is 12.1 Å². The zero-order valence-electron chi connectivity index (χ0n) is 10.2. The molecule has 0 fully saturated rings. The molecular weight excluding hydrogens is 293 g/mol. The van der Waals surface area contributed by atoms with Crippen LogP contribution in [0.4, 0.5) is 5.82 Å². The van der Waals surface area contributed by atoms with Crippen molar-refractivity contribution in [1.82, 2.24) is 4.98 Å². The van der Waals surface area contributed by atoms with E-state index in [1.165, 1.54) is 7.11 Å². The Hall–Kier alpha value is -1.50. The zero-order chi connectivity index (χ0) is 12.4. The van der Waals surface area contributed by atoms with Gasteiger partial charge in [-0.1, -0.05) is 0 Å². The lowest BCUT2D eigenvalue weighted by atomic mass is 10.2. The fourth-order valence-electron chi connectivity index (χ4n) is 1.59. The number of fused-ring (bicyclic) bond motifs is 1. The predicted molar refractivity (Wildman–Crippen MR) is 76.6 cm³/mol. The zero-order valence-corrected chi connectivity index (χ0v) is 11.8. The maximum absolute atomic E-state index is 11.2. The van der Waals surface area contributed by atoms with Crippen LogP contribution < -0.4 is 11.5 Å². The molecule has 0 spiro atoms. The van der Waals surface area contributed by atoms with Crippen LogP contribution in [0, 0.1) is 0 Å². The lowest BCUT2D eigenvalue weighted by Gasteiger charge is -2.05. The second-order valence-corrected chi connectivity index (χ2v) is 3.65. The Morgan fingerprint density at radius 2 is 2.21 bits per heavy atom. The number of furan rings is 1. The molecule has 106 valence electrons. The summed E-state index contributed by atoms with van der Waals surface area (Å²) < 4.78 is 10.0. The summed E-state index contributed by atoms with van der Waals surface area (Å²) in [6.07, 6.45) is 1.83. The number of nitrogens with two attached hydrogens (primary N) is 2. The van der Waals surface area contributed by atoms with Crippen LogP contribution >= 0.6 is 24.8 Å². The van der Waals surface area contributed by atoms with Gasteiger partial charge in [-0.15, -0.1) is 24.8 Å². The van der Waals surface area contributed by atoms with Gasteiger partial charge < -0.3 is 20.6 Å². The number of ether oxygens (including phenoxy) is 1. The predicted octanol–water partition coefficient (Wildman–Crippen LogP) is 1.30. The van der Waals surface area contributed by atoms with E-state index in [0.29, 0.717) is 17.2 Å². The van der Waals surface area contributed by atoms with Gasteiger partial charge in [0, 0.05) is 12.6 Å². The quantitative estimate of drug-likeness (QED) is 0.828. The number of esters is 1. The van der Waals surface area contributed by atoms with Crippen molar-refractivity contribution in [2.24, 2.45) is 5.73 Å². The molecule has 0 saturated heterocycles. The molecule has 0 aliphatic carbocycles. The van der Waals surface area contributed by atoms with Gasteiger partial charge in [-0.2, -0.15) is 0 Å². The highest BCUT2D eigenvalue weighted by Crippen LogP contribution is 2.23. The second kappa shape index (κ2) is 7.18. The van der Waals surface area contributed by atoms with Crippen molar-refractivity contribution in [3.05, 3.63) is 24.1 Å². The third-order valence-corrected chi connectivity index (χ3v) is 2.45. The molecule has 2 heterocycles. The molecule has 4 N–H and O–H groups in total. The van der Waals surface area contributed by atoms with Gasteiger partial charge in [0.15, 0.2) is 0 Å². The highest BCUT2D eigenvalue weighted by molar-refractivity contribution is 5.87. The number of carbonyl (C=O) groups excluding carboxylic acids is 1. The first-order chi connectivity index (χ1) is 8.11. The van der Waals surface area contributed by atoms with E-state index in [0.717, 1.165) is 5.39 Å². The van der Waals surface area contributed by atoms with Crippen molar-refractivity contribution in [3.8, 4) is 0 Å². The van der Waals surface area contributed by atoms with E-state index in [4.69, 9.17) is 15.9 Å². The Kier molecular flexibility index (Phi) is 6.61. The molecule has 0 aliphatic rings. The van der Waals surface area contributed by atoms with Crippen molar-refractivity contribution in [1.29, 1.82) is 0 Å². The average Bonchev–Trinajstić information content (AvgIpc) is 2.72. The van der Waals surface area contributed by atoms with Crippen molar-refractivity contribution in [2.45, 2.75) is 12.5 Å². The standard InChI is InChI=1S/C11H13N3O3.2ClH/c1-16-11(15)8(12)5-6-4-7-9(17-6)2-3-14-10(7)13;;/h2-4,8H,5,12H2,1H3,(H2,13,14);2*1H. The second-order valence-electron chi connectivity index (χ2n) is 3.65. The van der Waals surface area contributed by atoms with Crippen LogP contribution in [0.3, 0.4) is 0 Å². The van der Waals surface area contributed by atoms with Gasteiger partial charge in [0.25, 0.3) is 0 Å². The molecule has 1 unspecified atom stereocenters. The maximum atomic E-state index is 11.2. The third kappa shape index (κ3) is 3.73. The molecule has 0 aromatic carbocycles. The van der Waals surface area contributed by atoms with Crippen molar-refractivity contribution in [3.63, 3.8) is 0 Å². The Balaban J connectivity index is 0.00000162. The van der Waals surface area contributed by atoms with Crippen LogP contribution in [0.1, 0.15) is 5.76 Å². The monoisotopic (exact) mass is 307 g/mol. The smallest absolute Gasteiger partial charge is 0.323 e. The molecule has 6 nitrogen and oxygen atoms in total. The number of pyridine rings is 1. The van der Waals surface area contributed by atoms with E-state index in [1.54, 1.807) is 18.3 Å². The topological polar surface area (TPSA) is 104 Å². The van der Waals surface area contributed by atoms with Gasteiger partial charge in [0.2, 0.25) is 0 Å². The summed E-state index contributed by atoms with van der Waals surface area (Å²) in [4.78, 5) is 15.1. The van der Waals surface area contributed by atoms with Gasteiger partial charge in [0.05, 0.1) is 12.5 Å². The fraction of sp³-hybridized carbons (Fsp3) is 0.273. The van der Waals surface area contributed by atoms with Gasteiger partial charge in [-0.25, -0.2) is 4.98 Å². The minimum atomic E-state index is -0.741. The molecule has 2 aromatic rings. The Labute approximate surface area is 122 Å². The number of nitrogens with zero attached hydrogens (tertiary/aromatic N) is 1. The van der Waals surface area contributed by atoms with Crippen LogP contribution in [0.2, 0.25) is 0 Å². The summed E-state index contributed by atoms with van der Waals surface area (Å²) in [5.41, 5.74) is 12.0. The molecular formula is C11H15Cl2N3O3. The van der Waals surface area contributed by atoms with Crippen LogP contribution in [-0.2, 0) is 16.0 Å². The summed E-state index contributed by atoms with van der Waals surface area (Å²) in [6, 6.07) is 2.70.